The molecular formula is C13H21N3O4S. The van der Waals surface area contributed by atoms with Crippen LogP contribution in [0.25, 0.3) is 0 Å². The average Bonchev–Trinajstić information content (AvgIpc) is 2.39. The fraction of sp³-hybridized carbons (Fsp3) is 0.538. The second kappa shape index (κ2) is 6.08. The van der Waals surface area contributed by atoms with Crippen LogP contribution in [-0.2, 0) is 14.9 Å². The summed E-state index contributed by atoms with van der Waals surface area (Å²) in [4.78, 5) is 0. The normalized spacial score (nSPS) is 23.8. The van der Waals surface area contributed by atoms with Gasteiger partial charge in [0.2, 0.25) is 0 Å². The molecule has 0 aromatic heterocycles. The third-order valence-electron chi connectivity index (χ3n) is 3.21. The zero-order chi connectivity index (χ0) is 15.6. The van der Waals surface area contributed by atoms with Gasteiger partial charge in [-0.3, -0.25) is 4.72 Å². The number of hydrogen-bond donors (Lipinski definition) is 2. The standard InChI is InChI=1S/C13H21N3O4S/c1-9-7-16(8-10(2)20-9)21(17,18)15-11-4-5-12(14)13(6-11)19-3/h4-6,9-10,15H,7-8,14H2,1-3H3. The SMILES string of the molecule is COc1cc(NS(=O)(=O)N2CC(C)OC(C)C2)ccc1N. The van der Waals surface area contributed by atoms with E-state index in [9.17, 15) is 8.42 Å². The van der Waals surface area contributed by atoms with Gasteiger partial charge in [0.25, 0.3) is 0 Å². The first kappa shape index (κ1) is 15.9. The molecule has 0 amide bonds. The van der Waals surface area contributed by atoms with Crippen molar-refractivity contribution in [3.63, 3.8) is 0 Å². The number of benzene rings is 1. The van der Waals surface area contributed by atoms with Gasteiger partial charge in [0.15, 0.2) is 0 Å². The Morgan fingerprint density at radius 2 is 1.95 bits per heavy atom. The van der Waals surface area contributed by atoms with Gasteiger partial charge in [-0.05, 0) is 26.0 Å². The van der Waals surface area contributed by atoms with E-state index in [1.54, 1.807) is 18.2 Å². The van der Waals surface area contributed by atoms with Crippen molar-refractivity contribution in [2.75, 3.05) is 30.7 Å². The Bertz CT molecular complexity index is 595. The van der Waals surface area contributed by atoms with Crippen molar-refractivity contribution in [3.8, 4) is 5.75 Å². The van der Waals surface area contributed by atoms with Crippen LogP contribution in [0.5, 0.6) is 5.75 Å². The Hall–Kier alpha value is -1.51. The molecule has 1 aromatic rings. The molecule has 0 aliphatic carbocycles. The molecule has 1 aliphatic rings. The number of nitrogen functional groups attached to an aromatic ring is 1. The van der Waals surface area contributed by atoms with E-state index in [0.29, 0.717) is 30.2 Å². The van der Waals surface area contributed by atoms with Crippen LogP contribution in [0.2, 0.25) is 0 Å². The van der Waals surface area contributed by atoms with E-state index in [4.69, 9.17) is 15.2 Å². The first-order valence-electron chi connectivity index (χ1n) is 6.68. The van der Waals surface area contributed by atoms with Crippen LogP contribution < -0.4 is 15.2 Å². The van der Waals surface area contributed by atoms with Gasteiger partial charge < -0.3 is 15.2 Å². The molecule has 0 saturated carbocycles. The van der Waals surface area contributed by atoms with E-state index >= 15 is 0 Å². The molecule has 0 spiro atoms. The van der Waals surface area contributed by atoms with Gasteiger partial charge in [-0.1, -0.05) is 0 Å². The summed E-state index contributed by atoms with van der Waals surface area (Å²) in [6, 6.07) is 4.75. The molecule has 1 fully saturated rings. The van der Waals surface area contributed by atoms with E-state index in [1.807, 2.05) is 13.8 Å². The fourth-order valence-electron chi connectivity index (χ4n) is 2.32. The van der Waals surface area contributed by atoms with Crippen LogP contribution in [0, 0.1) is 0 Å². The minimum Gasteiger partial charge on any atom is -0.495 e. The predicted octanol–water partition coefficient (Wildman–Crippen LogP) is 1.04. The molecule has 1 aliphatic heterocycles. The molecule has 1 saturated heterocycles. The largest absolute Gasteiger partial charge is 0.495 e. The van der Waals surface area contributed by atoms with E-state index in [0.717, 1.165) is 0 Å². The number of hydrogen-bond acceptors (Lipinski definition) is 5. The van der Waals surface area contributed by atoms with Gasteiger partial charge in [-0.25, -0.2) is 0 Å². The number of rotatable bonds is 4. The molecule has 118 valence electrons. The van der Waals surface area contributed by atoms with Crippen molar-refractivity contribution in [2.45, 2.75) is 26.1 Å². The smallest absolute Gasteiger partial charge is 0.301 e. The highest BCUT2D eigenvalue weighted by molar-refractivity contribution is 7.90. The van der Waals surface area contributed by atoms with Crippen LogP contribution in [-0.4, -0.2) is 45.1 Å². The maximum absolute atomic E-state index is 12.4. The summed E-state index contributed by atoms with van der Waals surface area (Å²) in [5.74, 6) is 0.430. The second-order valence-electron chi connectivity index (χ2n) is 5.14. The predicted molar refractivity (Wildman–Crippen MR) is 81.5 cm³/mol. The van der Waals surface area contributed by atoms with E-state index in [2.05, 4.69) is 4.72 Å². The van der Waals surface area contributed by atoms with Crippen molar-refractivity contribution in [2.24, 2.45) is 0 Å². The molecule has 1 heterocycles. The Morgan fingerprint density at radius 1 is 1.33 bits per heavy atom. The van der Waals surface area contributed by atoms with E-state index in [1.165, 1.54) is 11.4 Å². The lowest BCUT2D eigenvalue weighted by Crippen LogP contribution is -2.49. The summed E-state index contributed by atoms with van der Waals surface area (Å²) in [7, 11) is -2.15. The molecule has 0 bridgehead atoms. The van der Waals surface area contributed by atoms with Gasteiger partial charge in [0.1, 0.15) is 5.75 Å². The van der Waals surface area contributed by atoms with Crippen LogP contribution in [0.4, 0.5) is 11.4 Å². The lowest BCUT2D eigenvalue weighted by molar-refractivity contribution is -0.0439. The first-order chi connectivity index (χ1) is 9.81. The lowest BCUT2D eigenvalue weighted by atomic mass is 10.2. The van der Waals surface area contributed by atoms with Crippen LogP contribution in [0.15, 0.2) is 18.2 Å². The Kier molecular flexibility index (Phi) is 4.60. The molecule has 1 aromatic carbocycles. The second-order valence-corrected chi connectivity index (χ2v) is 6.81. The molecule has 8 heteroatoms. The minimum absolute atomic E-state index is 0.133. The Balaban J connectivity index is 2.17. The quantitative estimate of drug-likeness (QED) is 0.810. The highest BCUT2D eigenvalue weighted by Gasteiger charge is 2.31. The molecular weight excluding hydrogens is 294 g/mol. The Labute approximate surface area is 125 Å². The van der Waals surface area contributed by atoms with Crippen molar-refractivity contribution < 1.29 is 17.9 Å². The number of nitrogens with zero attached hydrogens (tertiary/aromatic N) is 1. The number of nitrogens with one attached hydrogen (secondary N) is 1. The zero-order valence-electron chi connectivity index (χ0n) is 12.4. The highest BCUT2D eigenvalue weighted by Crippen LogP contribution is 2.26. The summed E-state index contributed by atoms with van der Waals surface area (Å²) in [6.07, 6.45) is -0.266. The zero-order valence-corrected chi connectivity index (χ0v) is 13.2. The molecule has 0 radical (unpaired) electrons. The van der Waals surface area contributed by atoms with Crippen molar-refractivity contribution in [1.82, 2.24) is 4.31 Å². The van der Waals surface area contributed by atoms with Gasteiger partial charge in [-0.2, -0.15) is 12.7 Å². The van der Waals surface area contributed by atoms with Crippen molar-refractivity contribution in [3.05, 3.63) is 18.2 Å². The van der Waals surface area contributed by atoms with Crippen molar-refractivity contribution >= 4 is 21.6 Å². The third-order valence-corrected chi connectivity index (χ3v) is 4.68. The maximum Gasteiger partial charge on any atom is 0.301 e. The maximum atomic E-state index is 12.4. The average molecular weight is 315 g/mol. The van der Waals surface area contributed by atoms with E-state index in [-0.39, 0.29) is 12.2 Å². The number of morpholine rings is 1. The van der Waals surface area contributed by atoms with Crippen LogP contribution in [0.3, 0.4) is 0 Å². The third kappa shape index (κ3) is 3.78. The van der Waals surface area contributed by atoms with E-state index < -0.39 is 10.2 Å². The molecule has 2 rings (SSSR count). The topological polar surface area (TPSA) is 93.9 Å². The number of ether oxygens (including phenoxy) is 2. The Morgan fingerprint density at radius 3 is 2.52 bits per heavy atom. The van der Waals surface area contributed by atoms with Gasteiger partial charge >= 0.3 is 10.2 Å². The van der Waals surface area contributed by atoms with Gasteiger partial charge in [0, 0.05) is 19.2 Å². The monoisotopic (exact) mass is 315 g/mol. The summed E-state index contributed by atoms with van der Waals surface area (Å²) < 4.78 is 39.4. The minimum atomic E-state index is -3.63. The molecule has 7 nitrogen and oxygen atoms in total. The molecule has 3 N–H and O–H groups in total. The molecule has 21 heavy (non-hydrogen) atoms. The fourth-order valence-corrected chi connectivity index (χ4v) is 3.68. The molecule has 2 unspecified atom stereocenters. The summed E-state index contributed by atoms with van der Waals surface area (Å²) in [5, 5.41) is 0. The lowest BCUT2D eigenvalue weighted by Gasteiger charge is -2.34. The van der Waals surface area contributed by atoms with Crippen LogP contribution >= 0.6 is 0 Å². The summed E-state index contributed by atoms with van der Waals surface area (Å²) in [6.45, 7) is 4.35. The van der Waals surface area contributed by atoms with Crippen LogP contribution in [0.1, 0.15) is 13.8 Å². The van der Waals surface area contributed by atoms with Gasteiger partial charge in [-0.15, -0.1) is 0 Å². The summed E-state index contributed by atoms with van der Waals surface area (Å²) >= 11 is 0. The highest BCUT2D eigenvalue weighted by atomic mass is 32.2. The number of methoxy groups -OCH3 is 1. The number of nitrogens with two attached hydrogens (primary N) is 1. The van der Waals surface area contributed by atoms with Crippen molar-refractivity contribution in [1.29, 1.82) is 0 Å². The molecule has 2 atom stereocenters. The first-order valence-corrected chi connectivity index (χ1v) is 8.12. The van der Waals surface area contributed by atoms with Gasteiger partial charge in [0.05, 0.1) is 30.7 Å². The number of anilines is 2. The summed E-state index contributed by atoms with van der Waals surface area (Å²) in [5.41, 5.74) is 6.58.